The van der Waals surface area contributed by atoms with E-state index in [4.69, 9.17) is 0 Å². The first-order valence-electron chi connectivity index (χ1n) is 11.5. The third-order valence-corrected chi connectivity index (χ3v) is 6.49. The van der Waals surface area contributed by atoms with E-state index in [1.165, 1.54) is 12.8 Å². The number of nitrogens with zero attached hydrogens (tertiary/aromatic N) is 3. The van der Waals surface area contributed by atoms with Gasteiger partial charge in [0.1, 0.15) is 0 Å². The number of hydrogen-bond donors (Lipinski definition) is 3. The molecule has 4 rings (SSSR count). The molecule has 1 atom stereocenters. The second kappa shape index (κ2) is 10.1. The van der Waals surface area contributed by atoms with E-state index in [2.05, 4.69) is 44.7 Å². The molecule has 166 valence electrons. The van der Waals surface area contributed by atoms with Crippen molar-refractivity contribution in [3.8, 4) is 0 Å². The van der Waals surface area contributed by atoms with Crippen molar-refractivity contribution in [3.63, 3.8) is 0 Å². The third kappa shape index (κ3) is 5.73. The number of aromatic nitrogens is 2. The van der Waals surface area contributed by atoms with E-state index in [-0.39, 0.29) is 11.9 Å². The second-order valence-corrected chi connectivity index (χ2v) is 9.03. The topological polar surface area (TPSA) is 82.2 Å². The molecule has 3 heterocycles. The summed E-state index contributed by atoms with van der Waals surface area (Å²) in [5.74, 6) is 2.47. The molecule has 2 aromatic rings. The Balaban J connectivity index is 1.26. The van der Waals surface area contributed by atoms with E-state index in [0.717, 1.165) is 67.2 Å². The normalized spacial score (nSPS) is 19.6. The van der Waals surface area contributed by atoms with Gasteiger partial charge in [-0.05, 0) is 61.8 Å². The van der Waals surface area contributed by atoms with Gasteiger partial charge >= 0.3 is 0 Å². The van der Waals surface area contributed by atoms with Gasteiger partial charge in [-0.15, -0.1) is 0 Å². The summed E-state index contributed by atoms with van der Waals surface area (Å²) in [6.07, 6.45) is 8.11. The highest BCUT2D eigenvalue weighted by atomic mass is 16.2. The molecule has 1 aromatic heterocycles. The summed E-state index contributed by atoms with van der Waals surface area (Å²) in [4.78, 5) is 23.5. The van der Waals surface area contributed by atoms with Crippen LogP contribution in [0.5, 0.6) is 0 Å². The predicted molar refractivity (Wildman–Crippen MR) is 124 cm³/mol. The molecule has 0 bridgehead atoms. The summed E-state index contributed by atoms with van der Waals surface area (Å²) >= 11 is 0. The largest absolute Gasteiger partial charge is 0.353 e. The van der Waals surface area contributed by atoms with Crippen LogP contribution >= 0.6 is 0 Å². The van der Waals surface area contributed by atoms with Gasteiger partial charge in [-0.2, -0.15) is 0 Å². The molecule has 1 aromatic carbocycles. The minimum atomic E-state index is -0.0366. The van der Waals surface area contributed by atoms with Gasteiger partial charge in [0.15, 0.2) is 0 Å². The van der Waals surface area contributed by atoms with Gasteiger partial charge in [0.25, 0.3) is 0 Å². The maximum absolute atomic E-state index is 12.1. The molecule has 0 spiro atoms. The summed E-state index contributed by atoms with van der Waals surface area (Å²) in [6, 6.07) is 8.04. The third-order valence-electron chi connectivity index (χ3n) is 6.49. The van der Waals surface area contributed by atoms with E-state index in [0.29, 0.717) is 6.54 Å². The van der Waals surface area contributed by atoms with Crippen LogP contribution in [0.15, 0.2) is 36.7 Å². The van der Waals surface area contributed by atoms with E-state index in [1.54, 1.807) is 0 Å². The molecule has 31 heavy (non-hydrogen) atoms. The van der Waals surface area contributed by atoms with Crippen molar-refractivity contribution in [1.82, 2.24) is 20.6 Å². The SMILES string of the molecule is CC(C)C1CCN(c2ncc(Nc3ccc(CNC(=O)C4CCCN4)cc3)cn2)CC1. The van der Waals surface area contributed by atoms with Gasteiger partial charge in [0.2, 0.25) is 11.9 Å². The van der Waals surface area contributed by atoms with Crippen LogP contribution in [-0.4, -0.2) is 41.6 Å². The van der Waals surface area contributed by atoms with Gasteiger partial charge in [0.05, 0.1) is 24.1 Å². The Bertz CT molecular complexity index is 837. The lowest BCUT2D eigenvalue weighted by Gasteiger charge is -2.33. The first-order chi connectivity index (χ1) is 15.1. The van der Waals surface area contributed by atoms with Crippen LogP contribution in [0, 0.1) is 11.8 Å². The Morgan fingerprint density at radius 2 is 1.81 bits per heavy atom. The van der Waals surface area contributed by atoms with Crippen molar-refractivity contribution >= 4 is 23.2 Å². The molecule has 3 N–H and O–H groups in total. The van der Waals surface area contributed by atoms with Gasteiger partial charge in [-0.3, -0.25) is 4.79 Å². The molecule has 7 nitrogen and oxygen atoms in total. The number of carbonyl (C=O) groups excluding carboxylic acids is 1. The zero-order valence-corrected chi connectivity index (χ0v) is 18.6. The number of benzene rings is 1. The number of rotatable bonds is 7. The highest BCUT2D eigenvalue weighted by Crippen LogP contribution is 2.26. The summed E-state index contributed by atoms with van der Waals surface area (Å²) in [7, 11) is 0. The van der Waals surface area contributed by atoms with Crippen LogP contribution in [0.4, 0.5) is 17.3 Å². The number of piperidine rings is 1. The fraction of sp³-hybridized carbons (Fsp3) is 0.542. The van der Waals surface area contributed by atoms with E-state index >= 15 is 0 Å². The zero-order valence-electron chi connectivity index (χ0n) is 18.6. The zero-order chi connectivity index (χ0) is 21.6. The predicted octanol–water partition coefficient (Wildman–Crippen LogP) is 3.46. The molecule has 0 saturated carbocycles. The average molecular weight is 423 g/mol. The molecule has 1 unspecified atom stereocenters. The average Bonchev–Trinajstić information content (AvgIpc) is 3.34. The van der Waals surface area contributed by atoms with Crippen molar-refractivity contribution in [2.75, 3.05) is 29.9 Å². The van der Waals surface area contributed by atoms with Gasteiger partial charge in [-0.25, -0.2) is 9.97 Å². The van der Waals surface area contributed by atoms with Crippen LogP contribution < -0.4 is 20.9 Å². The van der Waals surface area contributed by atoms with Crippen molar-refractivity contribution < 1.29 is 4.79 Å². The molecule has 2 fully saturated rings. The van der Waals surface area contributed by atoms with Crippen molar-refractivity contribution in [2.24, 2.45) is 11.8 Å². The molecule has 7 heteroatoms. The molecule has 0 aliphatic carbocycles. The highest BCUT2D eigenvalue weighted by Gasteiger charge is 2.23. The molecular formula is C24H34N6O. The molecule has 2 aliphatic heterocycles. The highest BCUT2D eigenvalue weighted by molar-refractivity contribution is 5.82. The molecular weight excluding hydrogens is 388 g/mol. The lowest BCUT2D eigenvalue weighted by atomic mass is 9.87. The first-order valence-corrected chi connectivity index (χ1v) is 11.5. The van der Waals surface area contributed by atoms with Gasteiger partial charge in [0, 0.05) is 25.3 Å². The smallest absolute Gasteiger partial charge is 0.237 e. The minimum Gasteiger partial charge on any atom is -0.353 e. The molecule has 2 aliphatic rings. The maximum Gasteiger partial charge on any atom is 0.237 e. The monoisotopic (exact) mass is 422 g/mol. The Labute approximate surface area is 185 Å². The quantitative estimate of drug-likeness (QED) is 0.634. The van der Waals surface area contributed by atoms with Gasteiger partial charge < -0.3 is 20.9 Å². The number of anilines is 3. The molecule has 2 saturated heterocycles. The Morgan fingerprint density at radius 3 is 2.42 bits per heavy atom. The minimum absolute atomic E-state index is 0.0366. The Kier molecular flexibility index (Phi) is 7.02. The Morgan fingerprint density at radius 1 is 1.10 bits per heavy atom. The Hall–Kier alpha value is -2.67. The summed E-state index contributed by atoms with van der Waals surface area (Å²) in [5.41, 5.74) is 2.92. The maximum atomic E-state index is 12.1. The summed E-state index contributed by atoms with van der Waals surface area (Å²) < 4.78 is 0. The standard InChI is InChI=1S/C24H34N6O/c1-17(2)19-9-12-30(13-10-19)24-27-15-21(16-28-24)29-20-7-5-18(6-8-20)14-26-23(31)22-4-3-11-25-22/h5-8,15-17,19,22,25,29H,3-4,9-14H2,1-2H3,(H,26,31). The van der Waals surface area contributed by atoms with E-state index < -0.39 is 0 Å². The summed E-state index contributed by atoms with van der Waals surface area (Å²) in [5, 5.41) is 9.58. The number of nitrogens with one attached hydrogen (secondary N) is 3. The number of amides is 1. The molecule has 0 radical (unpaired) electrons. The van der Waals surface area contributed by atoms with Gasteiger partial charge in [-0.1, -0.05) is 26.0 Å². The van der Waals surface area contributed by atoms with Crippen LogP contribution in [0.2, 0.25) is 0 Å². The van der Waals surface area contributed by atoms with Crippen LogP contribution in [-0.2, 0) is 11.3 Å². The van der Waals surface area contributed by atoms with Crippen LogP contribution in [0.3, 0.4) is 0 Å². The lowest BCUT2D eigenvalue weighted by molar-refractivity contribution is -0.122. The summed E-state index contributed by atoms with van der Waals surface area (Å²) in [6.45, 7) is 8.17. The fourth-order valence-corrected chi connectivity index (χ4v) is 4.41. The van der Waals surface area contributed by atoms with Crippen LogP contribution in [0.25, 0.3) is 0 Å². The van der Waals surface area contributed by atoms with Crippen molar-refractivity contribution in [1.29, 1.82) is 0 Å². The first kappa shape index (κ1) is 21.6. The second-order valence-electron chi connectivity index (χ2n) is 9.03. The number of hydrogen-bond acceptors (Lipinski definition) is 6. The molecule has 1 amide bonds. The van der Waals surface area contributed by atoms with Crippen molar-refractivity contribution in [3.05, 3.63) is 42.2 Å². The lowest BCUT2D eigenvalue weighted by Crippen LogP contribution is -2.39. The van der Waals surface area contributed by atoms with E-state index in [9.17, 15) is 4.79 Å². The van der Waals surface area contributed by atoms with Crippen LogP contribution in [0.1, 0.15) is 45.1 Å². The van der Waals surface area contributed by atoms with Crippen molar-refractivity contribution in [2.45, 2.75) is 52.1 Å². The van der Waals surface area contributed by atoms with E-state index in [1.807, 2.05) is 36.7 Å². The number of carbonyl (C=O) groups is 1. The fourth-order valence-electron chi connectivity index (χ4n) is 4.41.